The van der Waals surface area contributed by atoms with Gasteiger partial charge in [0.15, 0.2) is 0 Å². The molecule has 2 rings (SSSR count). The Morgan fingerprint density at radius 3 is 2.72 bits per heavy atom. The molecule has 1 aliphatic rings. The molecular weight excluding hydrogens is 326 g/mol. The fraction of sp³-hybridized carbons (Fsp3) is 0.471. The summed E-state index contributed by atoms with van der Waals surface area (Å²) in [7, 11) is 1.60. The van der Waals surface area contributed by atoms with Gasteiger partial charge in [-0.15, -0.1) is 0 Å². The van der Waals surface area contributed by atoms with Crippen molar-refractivity contribution < 1.29 is 24.2 Å². The highest BCUT2D eigenvalue weighted by Gasteiger charge is 2.32. The number of ether oxygens (including phenoxy) is 1. The predicted molar refractivity (Wildman–Crippen MR) is 90.3 cm³/mol. The van der Waals surface area contributed by atoms with Gasteiger partial charge in [0.1, 0.15) is 11.8 Å². The van der Waals surface area contributed by atoms with Gasteiger partial charge in [0, 0.05) is 19.6 Å². The van der Waals surface area contributed by atoms with Crippen molar-refractivity contribution in [1.82, 2.24) is 15.5 Å². The van der Waals surface area contributed by atoms with E-state index in [1.165, 1.54) is 0 Å². The van der Waals surface area contributed by atoms with E-state index in [2.05, 4.69) is 10.6 Å². The van der Waals surface area contributed by atoms with E-state index in [1.54, 1.807) is 12.0 Å². The number of benzene rings is 1. The molecule has 1 unspecified atom stereocenters. The lowest BCUT2D eigenvalue weighted by atomic mass is 10.1. The van der Waals surface area contributed by atoms with Crippen molar-refractivity contribution >= 4 is 17.8 Å². The maximum atomic E-state index is 12.1. The molecule has 136 valence electrons. The molecule has 1 aromatic carbocycles. The molecule has 0 radical (unpaired) electrons. The molecule has 1 aromatic rings. The number of nitrogens with zero attached hydrogens (tertiary/aromatic N) is 1. The lowest BCUT2D eigenvalue weighted by molar-refractivity contribution is -0.144. The Morgan fingerprint density at radius 2 is 2.08 bits per heavy atom. The van der Waals surface area contributed by atoms with Crippen LogP contribution in [-0.4, -0.2) is 67.1 Å². The number of hydrogen-bond donors (Lipinski definition) is 3. The molecule has 0 saturated carbocycles. The lowest BCUT2D eigenvalue weighted by Gasteiger charge is -2.33. The normalized spacial score (nSPS) is 17.6. The molecule has 1 atom stereocenters. The smallest absolute Gasteiger partial charge is 0.305 e. The number of rotatable bonds is 8. The van der Waals surface area contributed by atoms with Gasteiger partial charge in [-0.25, -0.2) is 0 Å². The molecule has 3 N–H and O–H groups in total. The van der Waals surface area contributed by atoms with Gasteiger partial charge in [0.25, 0.3) is 0 Å². The summed E-state index contributed by atoms with van der Waals surface area (Å²) in [6.07, 6.45) is 0.361. The molecule has 1 saturated heterocycles. The Bertz CT molecular complexity index is 617. The molecule has 2 amide bonds. The Hall–Kier alpha value is -2.61. The van der Waals surface area contributed by atoms with Crippen LogP contribution < -0.4 is 15.4 Å². The molecule has 0 bridgehead atoms. The largest absolute Gasteiger partial charge is 0.497 e. The van der Waals surface area contributed by atoms with Crippen molar-refractivity contribution in [2.24, 2.45) is 0 Å². The first-order valence-corrected chi connectivity index (χ1v) is 8.13. The van der Waals surface area contributed by atoms with E-state index >= 15 is 0 Å². The summed E-state index contributed by atoms with van der Waals surface area (Å²) in [5.74, 6) is -0.856. The second kappa shape index (κ2) is 9.03. The van der Waals surface area contributed by atoms with Gasteiger partial charge in [-0.2, -0.15) is 0 Å². The molecule has 0 aromatic heterocycles. The van der Waals surface area contributed by atoms with Gasteiger partial charge in [-0.1, -0.05) is 12.1 Å². The van der Waals surface area contributed by atoms with Crippen molar-refractivity contribution in [1.29, 1.82) is 0 Å². The van der Waals surface area contributed by atoms with Gasteiger partial charge in [0.2, 0.25) is 11.8 Å². The number of nitrogens with one attached hydrogen (secondary N) is 2. The molecular formula is C17H23N3O5. The van der Waals surface area contributed by atoms with E-state index in [4.69, 9.17) is 9.84 Å². The zero-order valence-corrected chi connectivity index (χ0v) is 14.2. The van der Waals surface area contributed by atoms with Crippen LogP contribution in [0.3, 0.4) is 0 Å². The maximum Gasteiger partial charge on any atom is 0.305 e. The van der Waals surface area contributed by atoms with Crippen LogP contribution in [0.2, 0.25) is 0 Å². The average Bonchev–Trinajstić information content (AvgIpc) is 2.58. The zero-order valence-electron chi connectivity index (χ0n) is 14.2. The highest BCUT2D eigenvalue weighted by atomic mass is 16.5. The summed E-state index contributed by atoms with van der Waals surface area (Å²) in [6.45, 7) is 1.34. The van der Waals surface area contributed by atoms with E-state index in [0.29, 0.717) is 26.1 Å². The molecule has 1 fully saturated rings. The van der Waals surface area contributed by atoms with Crippen LogP contribution in [0, 0.1) is 0 Å². The first-order valence-electron chi connectivity index (χ1n) is 8.13. The number of carboxylic acid groups (broad SMARTS) is 1. The summed E-state index contributed by atoms with van der Waals surface area (Å²) in [5.41, 5.74) is 1.07. The number of amides is 2. The number of carbonyl (C=O) groups is 3. The third kappa shape index (κ3) is 5.75. The minimum atomic E-state index is -1.06. The standard InChI is InChI=1S/C17H23N3O5/c1-25-13-4-2-12(3-5-13)6-7-18-15(21)11-20-9-8-19-17(24)14(20)10-16(22)23/h2-5,14H,6-11H2,1H3,(H,18,21)(H,19,24)(H,22,23). The van der Waals surface area contributed by atoms with Crippen LogP contribution in [0.15, 0.2) is 24.3 Å². The molecule has 0 spiro atoms. The SMILES string of the molecule is COc1ccc(CCNC(=O)CN2CCNC(=O)C2CC(=O)O)cc1. The number of carbonyl (C=O) groups excluding carboxylic acids is 2. The van der Waals surface area contributed by atoms with Crippen LogP contribution in [-0.2, 0) is 20.8 Å². The van der Waals surface area contributed by atoms with E-state index in [0.717, 1.165) is 11.3 Å². The summed E-state index contributed by atoms with van der Waals surface area (Å²) >= 11 is 0. The fourth-order valence-corrected chi connectivity index (χ4v) is 2.72. The van der Waals surface area contributed by atoms with Crippen LogP contribution in [0.25, 0.3) is 0 Å². The van der Waals surface area contributed by atoms with Gasteiger partial charge in [-0.05, 0) is 24.1 Å². The van der Waals surface area contributed by atoms with Crippen LogP contribution in [0.1, 0.15) is 12.0 Å². The van der Waals surface area contributed by atoms with Crippen molar-refractivity contribution in [3.05, 3.63) is 29.8 Å². The molecule has 8 heteroatoms. The van der Waals surface area contributed by atoms with Crippen molar-refractivity contribution in [3.63, 3.8) is 0 Å². The fourth-order valence-electron chi connectivity index (χ4n) is 2.72. The first-order chi connectivity index (χ1) is 12.0. The molecule has 25 heavy (non-hydrogen) atoms. The quantitative estimate of drug-likeness (QED) is 0.591. The average molecular weight is 349 g/mol. The second-order valence-corrected chi connectivity index (χ2v) is 5.82. The van der Waals surface area contributed by atoms with Crippen molar-refractivity contribution in [2.45, 2.75) is 18.9 Å². The van der Waals surface area contributed by atoms with Gasteiger partial charge in [0.05, 0.1) is 20.1 Å². The van der Waals surface area contributed by atoms with E-state index < -0.39 is 12.0 Å². The Balaban J connectivity index is 1.79. The number of aliphatic carboxylic acids is 1. The number of carboxylic acids is 1. The van der Waals surface area contributed by atoms with E-state index in [1.807, 2.05) is 24.3 Å². The zero-order chi connectivity index (χ0) is 18.2. The predicted octanol–water partition coefficient (Wildman–Crippen LogP) is -0.371. The lowest BCUT2D eigenvalue weighted by Crippen LogP contribution is -2.57. The summed E-state index contributed by atoms with van der Waals surface area (Å²) in [4.78, 5) is 36.4. The minimum absolute atomic E-state index is 0.00792. The Kier molecular flexibility index (Phi) is 6.76. The summed E-state index contributed by atoms with van der Waals surface area (Å²) in [5, 5.41) is 14.4. The van der Waals surface area contributed by atoms with Crippen molar-refractivity contribution in [2.75, 3.05) is 33.3 Å². The molecule has 1 heterocycles. The molecule has 0 aliphatic carbocycles. The summed E-state index contributed by atoms with van der Waals surface area (Å²) < 4.78 is 5.09. The number of methoxy groups -OCH3 is 1. The van der Waals surface area contributed by atoms with Gasteiger partial charge in [-0.3, -0.25) is 19.3 Å². The highest BCUT2D eigenvalue weighted by molar-refractivity contribution is 5.87. The van der Waals surface area contributed by atoms with Gasteiger partial charge >= 0.3 is 5.97 Å². The first kappa shape index (κ1) is 18.7. The van der Waals surface area contributed by atoms with Crippen LogP contribution in [0.4, 0.5) is 0 Å². The highest BCUT2D eigenvalue weighted by Crippen LogP contribution is 2.11. The molecule has 1 aliphatic heterocycles. The maximum absolute atomic E-state index is 12.1. The third-order valence-corrected chi connectivity index (χ3v) is 4.05. The minimum Gasteiger partial charge on any atom is -0.497 e. The van der Waals surface area contributed by atoms with Crippen LogP contribution >= 0.6 is 0 Å². The van der Waals surface area contributed by atoms with Crippen molar-refractivity contribution in [3.8, 4) is 5.75 Å². The number of hydrogen-bond acceptors (Lipinski definition) is 5. The van der Waals surface area contributed by atoms with E-state index in [-0.39, 0.29) is 24.8 Å². The van der Waals surface area contributed by atoms with Gasteiger partial charge < -0.3 is 20.5 Å². The Morgan fingerprint density at radius 1 is 1.36 bits per heavy atom. The monoisotopic (exact) mass is 349 g/mol. The summed E-state index contributed by atoms with van der Waals surface area (Å²) in [6, 6.07) is 6.78. The molecule has 8 nitrogen and oxygen atoms in total. The number of piperazine rings is 1. The third-order valence-electron chi connectivity index (χ3n) is 4.05. The van der Waals surface area contributed by atoms with Crippen LogP contribution in [0.5, 0.6) is 5.75 Å². The second-order valence-electron chi connectivity index (χ2n) is 5.82. The Labute approximate surface area is 146 Å². The van der Waals surface area contributed by atoms with E-state index in [9.17, 15) is 14.4 Å². The topological polar surface area (TPSA) is 108 Å².